The zero-order chi connectivity index (χ0) is 29.0. The van der Waals surface area contributed by atoms with E-state index in [-0.39, 0.29) is 0 Å². The fourth-order valence-corrected chi connectivity index (χ4v) is 4.66. The molecule has 0 aromatic heterocycles. The molecule has 0 bridgehead atoms. The van der Waals surface area contributed by atoms with Gasteiger partial charge in [-0.1, -0.05) is 95.0 Å². The van der Waals surface area contributed by atoms with Gasteiger partial charge in [-0.2, -0.15) is 0 Å². The molecule has 39 heavy (non-hydrogen) atoms. The summed E-state index contributed by atoms with van der Waals surface area (Å²) in [5, 5.41) is 13.1. The number of hydrogen-bond acceptors (Lipinski definition) is 7. The number of carbonyl (C=O) groups is 2. The number of unbranched alkanes of at least 4 members (excludes halogenated alkanes) is 8. The highest BCUT2D eigenvalue weighted by Crippen LogP contribution is 2.40. The van der Waals surface area contributed by atoms with E-state index in [1.165, 1.54) is 59.9 Å². The fourth-order valence-electron chi connectivity index (χ4n) is 4.66. The molecule has 0 spiro atoms. The monoisotopic (exact) mass is 545 g/mol. The van der Waals surface area contributed by atoms with Gasteiger partial charge in [0.25, 0.3) is 0 Å². The summed E-state index contributed by atoms with van der Waals surface area (Å²) in [4.78, 5) is 26.1. The molecular formula is C30H47N3O6. The number of ether oxygens (including phenoxy) is 3. The van der Waals surface area contributed by atoms with Crippen molar-refractivity contribution in [2.45, 2.75) is 77.0 Å². The maximum Gasteiger partial charge on any atom is 0.307 e. The summed E-state index contributed by atoms with van der Waals surface area (Å²) in [6.07, 6.45) is 10.7. The van der Waals surface area contributed by atoms with Crippen LogP contribution in [0, 0.1) is 5.92 Å². The molecule has 6 N–H and O–H groups in total. The number of rotatable bonds is 18. The van der Waals surface area contributed by atoms with E-state index in [2.05, 4.69) is 23.9 Å². The Morgan fingerprint density at radius 3 is 1.79 bits per heavy atom. The van der Waals surface area contributed by atoms with Gasteiger partial charge >= 0.3 is 5.97 Å². The number of amides is 1. The van der Waals surface area contributed by atoms with Crippen molar-refractivity contribution in [3.05, 3.63) is 48.0 Å². The van der Waals surface area contributed by atoms with E-state index in [0.29, 0.717) is 34.9 Å². The van der Waals surface area contributed by atoms with Crippen LogP contribution < -0.4 is 31.2 Å². The van der Waals surface area contributed by atoms with Crippen molar-refractivity contribution in [2.24, 2.45) is 17.6 Å². The molecule has 0 saturated heterocycles. The average Bonchev–Trinajstić information content (AvgIpc) is 2.96. The predicted molar refractivity (Wildman–Crippen MR) is 155 cm³/mol. The van der Waals surface area contributed by atoms with Crippen LogP contribution in [0.25, 0.3) is 0 Å². The van der Waals surface area contributed by atoms with Gasteiger partial charge in [-0.05, 0) is 12.0 Å². The summed E-state index contributed by atoms with van der Waals surface area (Å²) in [7, 11) is 4.51. The summed E-state index contributed by atoms with van der Waals surface area (Å²) in [5.41, 5.74) is 0.999. The molecule has 2 unspecified atom stereocenters. The van der Waals surface area contributed by atoms with E-state index in [9.17, 15) is 14.7 Å². The maximum atomic E-state index is 13.7. The predicted octanol–water partition coefficient (Wildman–Crippen LogP) is 5.88. The van der Waals surface area contributed by atoms with Crippen LogP contribution in [0.5, 0.6) is 17.2 Å². The Kier molecular flexibility index (Phi) is 17.1. The quantitative estimate of drug-likeness (QED) is 0.103. The summed E-state index contributed by atoms with van der Waals surface area (Å²) >= 11 is 0. The van der Waals surface area contributed by atoms with Crippen LogP contribution in [0.3, 0.4) is 0 Å². The van der Waals surface area contributed by atoms with Gasteiger partial charge in [0.1, 0.15) is 22.9 Å². The largest absolute Gasteiger partial charge is 0.496 e. The molecule has 218 valence electrons. The Morgan fingerprint density at radius 1 is 0.821 bits per heavy atom. The van der Waals surface area contributed by atoms with Crippen molar-refractivity contribution >= 4 is 17.6 Å². The van der Waals surface area contributed by atoms with E-state index in [1.807, 2.05) is 18.2 Å². The number of methoxy groups -OCH3 is 3. The number of nitrogens with two attached hydrogens (primary N) is 2. The molecule has 2 aromatic rings. The molecule has 1 amide bonds. The standard InChI is InChI=1S/C30H43NO6.H4N2/c1-5-6-7-8-9-10-11-12-16-19-24(30(33)34)27(22-17-14-13-15-18-22)29(32)31-28-25(36-3)20-23(35-2)21-26(28)37-4;1-2/h13-15,17-18,20-21,24,27H,5-12,16,19H2,1-4H3,(H,31,32)(H,33,34);1-2H2. The number of benzene rings is 2. The van der Waals surface area contributed by atoms with Crippen molar-refractivity contribution in [1.29, 1.82) is 0 Å². The van der Waals surface area contributed by atoms with E-state index >= 15 is 0 Å². The van der Waals surface area contributed by atoms with Crippen molar-refractivity contribution in [1.82, 2.24) is 0 Å². The van der Waals surface area contributed by atoms with Crippen molar-refractivity contribution in [3.63, 3.8) is 0 Å². The first-order valence-corrected chi connectivity index (χ1v) is 13.7. The Hall–Kier alpha value is -3.30. The molecule has 0 fully saturated rings. The molecule has 9 nitrogen and oxygen atoms in total. The molecule has 0 radical (unpaired) electrons. The molecule has 0 aliphatic carbocycles. The second-order valence-electron chi connectivity index (χ2n) is 9.35. The van der Waals surface area contributed by atoms with Gasteiger partial charge in [-0.3, -0.25) is 21.3 Å². The van der Waals surface area contributed by atoms with Gasteiger partial charge < -0.3 is 24.6 Å². The number of aliphatic carboxylic acids is 1. The third-order valence-corrected chi connectivity index (χ3v) is 6.74. The molecule has 0 heterocycles. The zero-order valence-corrected chi connectivity index (χ0v) is 23.9. The van der Waals surface area contributed by atoms with Gasteiger partial charge in [0.15, 0.2) is 0 Å². The van der Waals surface area contributed by atoms with Gasteiger partial charge in [-0.15, -0.1) is 0 Å². The van der Waals surface area contributed by atoms with Crippen LogP contribution in [-0.2, 0) is 9.59 Å². The smallest absolute Gasteiger partial charge is 0.307 e. The first-order chi connectivity index (χ1) is 19.0. The van der Waals surface area contributed by atoms with Crippen LogP contribution in [0.2, 0.25) is 0 Å². The molecule has 2 aromatic carbocycles. The fraction of sp³-hybridized carbons (Fsp3) is 0.533. The van der Waals surface area contributed by atoms with Crippen LogP contribution in [0.15, 0.2) is 42.5 Å². The first-order valence-electron chi connectivity index (χ1n) is 13.7. The summed E-state index contributed by atoms with van der Waals surface area (Å²) < 4.78 is 16.2. The number of hydrazine groups is 1. The highest BCUT2D eigenvalue weighted by atomic mass is 16.5. The minimum absolute atomic E-state index is 0.337. The molecule has 0 saturated carbocycles. The minimum atomic E-state index is -0.975. The SMILES string of the molecule is CCCCCCCCCCCC(C(=O)O)C(C(=O)Nc1c(OC)cc(OC)cc1OC)c1ccccc1.NN. The third-order valence-electron chi connectivity index (χ3n) is 6.74. The molecule has 2 atom stereocenters. The first kappa shape index (κ1) is 33.7. The van der Waals surface area contributed by atoms with Crippen LogP contribution in [0.4, 0.5) is 5.69 Å². The highest BCUT2D eigenvalue weighted by Gasteiger charge is 2.35. The number of carboxylic acids is 1. The van der Waals surface area contributed by atoms with Gasteiger partial charge in [0.2, 0.25) is 5.91 Å². The van der Waals surface area contributed by atoms with E-state index in [1.54, 1.807) is 24.3 Å². The number of anilines is 1. The molecular weight excluding hydrogens is 498 g/mol. The second-order valence-corrected chi connectivity index (χ2v) is 9.35. The van der Waals surface area contributed by atoms with Crippen molar-refractivity contribution in [2.75, 3.05) is 26.6 Å². The van der Waals surface area contributed by atoms with E-state index < -0.39 is 23.7 Å². The summed E-state index contributed by atoms with van der Waals surface area (Å²) in [6, 6.07) is 12.4. The summed E-state index contributed by atoms with van der Waals surface area (Å²) in [5.74, 6) is 6.12. The highest BCUT2D eigenvalue weighted by molar-refractivity contribution is 6.00. The number of carbonyl (C=O) groups excluding carboxylic acids is 1. The minimum Gasteiger partial charge on any atom is -0.496 e. The number of carboxylic acid groups (broad SMARTS) is 1. The summed E-state index contributed by atoms with van der Waals surface area (Å²) in [6.45, 7) is 2.21. The van der Waals surface area contributed by atoms with Gasteiger partial charge in [0, 0.05) is 12.1 Å². The van der Waals surface area contributed by atoms with Crippen molar-refractivity contribution < 1.29 is 28.9 Å². The number of nitrogens with one attached hydrogen (secondary N) is 1. The maximum absolute atomic E-state index is 13.7. The van der Waals surface area contributed by atoms with Crippen LogP contribution in [0.1, 0.15) is 82.6 Å². The Balaban J connectivity index is 0.00000371. The molecule has 9 heteroatoms. The van der Waals surface area contributed by atoms with Crippen LogP contribution in [-0.4, -0.2) is 38.3 Å². The Bertz CT molecular complexity index is 945. The lowest BCUT2D eigenvalue weighted by Crippen LogP contribution is -2.32. The second kappa shape index (κ2) is 19.7. The van der Waals surface area contributed by atoms with Gasteiger partial charge in [0.05, 0.1) is 33.2 Å². The lowest BCUT2D eigenvalue weighted by Gasteiger charge is -2.25. The van der Waals surface area contributed by atoms with E-state index in [0.717, 1.165) is 19.3 Å². The van der Waals surface area contributed by atoms with E-state index in [4.69, 9.17) is 14.2 Å². The molecule has 0 aliphatic rings. The zero-order valence-electron chi connectivity index (χ0n) is 23.9. The molecule has 0 aliphatic heterocycles. The Morgan fingerprint density at radius 2 is 1.33 bits per heavy atom. The average molecular weight is 546 g/mol. The van der Waals surface area contributed by atoms with Crippen molar-refractivity contribution in [3.8, 4) is 17.2 Å². The normalized spacial score (nSPS) is 11.9. The lowest BCUT2D eigenvalue weighted by molar-refractivity contribution is -0.144. The third kappa shape index (κ3) is 11.1. The molecule has 2 rings (SSSR count). The lowest BCUT2D eigenvalue weighted by atomic mass is 9.81. The van der Waals surface area contributed by atoms with Crippen LogP contribution >= 0.6 is 0 Å². The topological polar surface area (TPSA) is 146 Å². The van der Waals surface area contributed by atoms with Gasteiger partial charge in [-0.25, -0.2) is 0 Å². The number of hydrogen-bond donors (Lipinski definition) is 4. The Labute approximate surface area is 233 Å².